The third-order valence-corrected chi connectivity index (χ3v) is 5.50. The van der Waals surface area contributed by atoms with Crippen molar-refractivity contribution in [2.75, 3.05) is 27.9 Å². The van der Waals surface area contributed by atoms with Crippen molar-refractivity contribution in [1.29, 1.82) is 0 Å². The number of hydrogen-bond acceptors (Lipinski definition) is 7. The summed E-state index contributed by atoms with van der Waals surface area (Å²) in [5.41, 5.74) is 2.64. The molecule has 1 atom stereocenters. The number of ether oxygens (including phenoxy) is 2. The van der Waals surface area contributed by atoms with Crippen LogP contribution in [0.3, 0.4) is 0 Å². The number of esters is 1. The summed E-state index contributed by atoms with van der Waals surface area (Å²) in [7, 11) is 3.94. The molecule has 0 radical (unpaired) electrons. The molecule has 2 amide bonds. The zero-order valence-electron chi connectivity index (χ0n) is 21.2. The molecule has 0 aliphatic heterocycles. The number of rotatable bonds is 15. The molecule has 10 heteroatoms. The molecular formula is C26H35BN2O7. The van der Waals surface area contributed by atoms with Crippen molar-refractivity contribution in [1.82, 2.24) is 10.6 Å². The van der Waals surface area contributed by atoms with Gasteiger partial charge >= 0.3 is 19.2 Å². The predicted octanol–water partition coefficient (Wildman–Crippen LogP) is 2.36. The molecule has 2 rings (SSSR count). The van der Waals surface area contributed by atoms with Crippen molar-refractivity contribution < 1.29 is 33.2 Å². The SMILES string of the molecule is COB(OC)c1ccc(C[C@H](NC(=O)CCCCCNC(=O)OCc2ccccc2)C(=O)OC)cc1. The lowest BCUT2D eigenvalue weighted by atomic mass is 9.78. The number of unbranched alkanes of at least 4 members (excludes halogenated alkanes) is 2. The molecule has 2 N–H and O–H groups in total. The average molecular weight is 498 g/mol. The third kappa shape index (κ3) is 10.5. The molecule has 0 bridgehead atoms. The minimum absolute atomic E-state index is 0.221. The molecular weight excluding hydrogens is 463 g/mol. The van der Waals surface area contributed by atoms with Gasteiger partial charge in [0.05, 0.1) is 7.11 Å². The fraction of sp³-hybridized carbons (Fsp3) is 0.423. The highest BCUT2D eigenvalue weighted by Crippen LogP contribution is 2.07. The minimum Gasteiger partial charge on any atom is -0.467 e. The summed E-state index contributed by atoms with van der Waals surface area (Å²) < 4.78 is 20.5. The van der Waals surface area contributed by atoms with E-state index in [0.29, 0.717) is 25.8 Å². The van der Waals surface area contributed by atoms with Gasteiger partial charge in [-0.1, -0.05) is 61.0 Å². The molecule has 2 aromatic rings. The van der Waals surface area contributed by atoms with Crippen molar-refractivity contribution in [2.24, 2.45) is 0 Å². The van der Waals surface area contributed by atoms with Crippen LogP contribution in [0.4, 0.5) is 4.79 Å². The molecule has 0 unspecified atom stereocenters. The second kappa shape index (κ2) is 16.3. The predicted molar refractivity (Wildman–Crippen MR) is 137 cm³/mol. The summed E-state index contributed by atoms with van der Waals surface area (Å²) in [5.74, 6) is -0.728. The van der Waals surface area contributed by atoms with E-state index in [2.05, 4.69) is 10.6 Å². The maximum Gasteiger partial charge on any atom is 0.493 e. The third-order valence-electron chi connectivity index (χ3n) is 5.50. The first kappa shape index (κ1) is 28.9. The fourth-order valence-electron chi connectivity index (χ4n) is 3.57. The highest BCUT2D eigenvalue weighted by Gasteiger charge is 2.23. The molecule has 0 saturated heterocycles. The molecule has 0 fully saturated rings. The number of carbonyl (C=O) groups excluding carboxylic acids is 3. The summed E-state index contributed by atoms with van der Waals surface area (Å²) in [6.07, 6.45) is 2.20. The van der Waals surface area contributed by atoms with E-state index < -0.39 is 25.2 Å². The maximum absolute atomic E-state index is 12.4. The van der Waals surface area contributed by atoms with Gasteiger partial charge in [-0.2, -0.15) is 0 Å². The molecule has 36 heavy (non-hydrogen) atoms. The normalized spacial score (nSPS) is 11.3. The van der Waals surface area contributed by atoms with Gasteiger partial charge < -0.3 is 29.4 Å². The molecule has 0 saturated carbocycles. The van der Waals surface area contributed by atoms with Crippen molar-refractivity contribution in [3.63, 3.8) is 0 Å². The van der Waals surface area contributed by atoms with Crippen LogP contribution < -0.4 is 16.1 Å². The zero-order chi connectivity index (χ0) is 26.2. The van der Waals surface area contributed by atoms with Gasteiger partial charge in [-0.3, -0.25) is 4.79 Å². The Bertz CT molecular complexity index is 937. The van der Waals surface area contributed by atoms with E-state index in [1.165, 1.54) is 7.11 Å². The van der Waals surface area contributed by atoms with E-state index in [1.54, 1.807) is 14.2 Å². The highest BCUT2D eigenvalue weighted by atomic mass is 16.6. The summed E-state index contributed by atoms with van der Waals surface area (Å²) in [4.78, 5) is 36.4. The molecule has 9 nitrogen and oxygen atoms in total. The van der Waals surface area contributed by atoms with Crippen LogP contribution in [0.15, 0.2) is 54.6 Å². The number of methoxy groups -OCH3 is 1. The van der Waals surface area contributed by atoms with Crippen LogP contribution in [0.1, 0.15) is 36.8 Å². The lowest BCUT2D eigenvalue weighted by molar-refractivity contribution is -0.145. The first-order valence-electron chi connectivity index (χ1n) is 11.9. The van der Waals surface area contributed by atoms with E-state index in [1.807, 2.05) is 54.6 Å². The van der Waals surface area contributed by atoms with Crippen LogP contribution in [0.5, 0.6) is 0 Å². The van der Waals surface area contributed by atoms with E-state index in [0.717, 1.165) is 23.0 Å². The van der Waals surface area contributed by atoms with Gasteiger partial charge in [0.1, 0.15) is 12.6 Å². The number of carbonyl (C=O) groups is 3. The van der Waals surface area contributed by atoms with Gasteiger partial charge in [0, 0.05) is 33.6 Å². The monoisotopic (exact) mass is 498 g/mol. The number of alkyl carbamates (subject to hydrolysis) is 1. The average Bonchev–Trinajstić information content (AvgIpc) is 2.90. The number of hydrogen-bond donors (Lipinski definition) is 2. The van der Waals surface area contributed by atoms with Crippen LogP contribution in [0.25, 0.3) is 0 Å². The van der Waals surface area contributed by atoms with E-state index >= 15 is 0 Å². The summed E-state index contributed by atoms with van der Waals surface area (Å²) >= 11 is 0. The molecule has 0 aromatic heterocycles. The van der Waals surface area contributed by atoms with Crippen molar-refractivity contribution >= 4 is 30.6 Å². The summed E-state index contributed by atoms with van der Waals surface area (Å²) in [6, 6.07) is 16.1. The molecule has 2 aromatic carbocycles. The van der Waals surface area contributed by atoms with Crippen molar-refractivity contribution in [3.8, 4) is 0 Å². The largest absolute Gasteiger partial charge is 0.493 e. The fourth-order valence-corrected chi connectivity index (χ4v) is 3.57. The van der Waals surface area contributed by atoms with E-state index in [4.69, 9.17) is 18.8 Å². The van der Waals surface area contributed by atoms with E-state index in [9.17, 15) is 14.4 Å². The van der Waals surface area contributed by atoms with Gasteiger partial charge in [0.2, 0.25) is 5.91 Å². The molecule has 0 aliphatic carbocycles. The lowest BCUT2D eigenvalue weighted by Gasteiger charge is -2.17. The second-order valence-corrected chi connectivity index (χ2v) is 8.19. The minimum atomic E-state index is -0.782. The molecule has 0 aliphatic rings. The Kier molecular flexibility index (Phi) is 13.1. The van der Waals surface area contributed by atoms with Crippen LogP contribution in [0.2, 0.25) is 0 Å². The number of amides is 2. The Morgan fingerprint density at radius 3 is 2.19 bits per heavy atom. The lowest BCUT2D eigenvalue weighted by Crippen LogP contribution is -2.43. The number of nitrogens with one attached hydrogen (secondary N) is 2. The van der Waals surface area contributed by atoms with Crippen LogP contribution >= 0.6 is 0 Å². The van der Waals surface area contributed by atoms with Gasteiger partial charge in [-0.15, -0.1) is 0 Å². The second-order valence-electron chi connectivity index (χ2n) is 8.19. The van der Waals surface area contributed by atoms with Gasteiger partial charge in [0.15, 0.2) is 0 Å². The zero-order valence-corrected chi connectivity index (χ0v) is 21.2. The Morgan fingerprint density at radius 1 is 0.861 bits per heavy atom. The summed E-state index contributed by atoms with van der Waals surface area (Å²) in [6.45, 7) is 0.683. The molecule has 194 valence electrons. The Balaban J connectivity index is 1.67. The number of benzene rings is 2. The Morgan fingerprint density at radius 2 is 1.56 bits per heavy atom. The maximum atomic E-state index is 12.4. The Hall–Kier alpha value is -3.37. The van der Waals surface area contributed by atoms with Crippen LogP contribution in [-0.2, 0) is 41.4 Å². The molecule has 0 heterocycles. The quantitative estimate of drug-likeness (QED) is 0.220. The van der Waals surface area contributed by atoms with Crippen LogP contribution in [-0.4, -0.2) is 59.0 Å². The Labute approximate surface area is 213 Å². The van der Waals surface area contributed by atoms with Gasteiger partial charge in [0.25, 0.3) is 0 Å². The van der Waals surface area contributed by atoms with Crippen molar-refractivity contribution in [2.45, 2.75) is 44.8 Å². The topological polar surface area (TPSA) is 112 Å². The standard InChI is InChI=1S/C26H35BN2O7/c1-33-25(31)23(18-20-13-15-22(16-14-20)27(34-2)35-3)29-24(30)12-8-5-9-17-28-26(32)36-19-21-10-6-4-7-11-21/h4,6-7,10-11,13-16,23H,5,8-9,12,17-19H2,1-3H3,(H,28,32)(H,29,30)/t23-/m0/s1. The first-order chi connectivity index (χ1) is 17.5. The van der Waals surface area contributed by atoms with Crippen molar-refractivity contribution in [3.05, 3.63) is 65.7 Å². The van der Waals surface area contributed by atoms with E-state index in [-0.39, 0.29) is 18.9 Å². The molecule has 0 spiro atoms. The van der Waals surface area contributed by atoms with Gasteiger partial charge in [-0.25, -0.2) is 9.59 Å². The van der Waals surface area contributed by atoms with Gasteiger partial charge in [-0.05, 0) is 29.4 Å². The first-order valence-corrected chi connectivity index (χ1v) is 11.9. The smallest absolute Gasteiger partial charge is 0.467 e. The highest BCUT2D eigenvalue weighted by molar-refractivity contribution is 6.61. The summed E-state index contributed by atoms with van der Waals surface area (Å²) in [5, 5.41) is 5.47. The van der Waals surface area contributed by atoms with Crippen LogP contribution in [0, 0.1) is 0 Å².